The number of amides is 1. The molecular formula is C26H41NO3. The van der Waals surface area contributed by atoms with E-state index in [9.17, 15) is 9.90 Å². The van der Waals surface area contributed by atoms with E-state index in [1.54, 1.807) is 18.2 Å². The average molecular weight is 416 g/mol. The Morgan fingerprint density at radius 2 is 1.60 bits per heavy atom. The van der Waals surface area contributed by atoms with Crippen LogP contribution in [0.15, 0.2) is 42.5 Å². The molecule has 0 aromatic heterocycles. The lowest BCUT2D eigenvalue weighted by Crippen LogP contribution is -2.22. The number of phenols is 1. The Labute approximate surface area is 183 Å². The second-order valence-corrected chi connectivity index (χ2v) is 7.80. The maximum Gasteiger partial charge on any atom is 0.220 e. The maximum atomic E-state index is 12.0. The van der Waals surface area contributed by atoms with Gasteiger partial charge >= 0.3 is 0 Å². The van der Waals surface area contributed by atoms with Gasteiger partial charge in [-0.3, -0.25) is 4.79 Å². The number of carbonyl (C=O) groups is 1. The minimum absolute atomic E-state index is 0.0754. The van der Waals surface area contributed by atoms with E-state index in [2.05, 4.69) is 36.5 Å². The molecule has 1 amide bonds. The van der Waals surface area contributed by atoms with E-state index in [-0.39, 0.29) is 11.7 Å². The van der Waals surface area contributed by atoms with Gasteiger partial charge in [-0.05, 0) is 49.8 Å². The van der Waals surface area contributed by atoms with Crippen LogP contribution in [0.25, 0.3) is 0 Å². The van der Waals surface area contributed by atoms with Gasteiger partial charge in [0.25, 0.3) is 0 Å². The second-order valence-electron chi connectivity index (χ2n) is 7.80. The van der Waals surface area contributed by atoms with Crippen LogP contribution in [-0.2, 0) is 11.3 Å². The highest BCUT2D eigenvalue weighted by Gasteiger charge is 2.05. The minimum Gasteiger partial charge on any atom is -0.504 e. The van der Waals surface area contributed by atoms with Crippen molar-refractivity contribution in [1.29, 1.82) is 0 Å². The summed E-state index contributed by atoms with van der Waals surface area (Å²) in [5.41, 5.74) is 0.914. The van der Waals surface area contributed by atoms with Gasteiger partial charge in [-0.15, -0.1) is 0 Å². The highest BCUT2D eigenvalue weighted by molar-refractivity contribution is 5.75. The molecule has 0 radical (unpaired) electrons. The fraction of sp³-hybridized carbons (Fsp3) is 0.577. The predicted octanol–water partition coefficient (Wildman–Crippen LogP) is 6.83. The van der Waals surface area contributed by atoms with Gasteiger partial charge in [-0.1, -0.05) is 75.8 Å². The van der Waals surface area contributed by atoms with Crippen LogP contribution in [0.5, 0.6) is 11.5 Å². The molecule has 1 aromatic rings. The minimum atomic E-state index is 0.0754. The smallest absolute Gasteiger partial charge is 0.220 e. The molecule has 0 atom stereocenters. The molecule has 4 heteroatoms. The number of nitrogens with one attached hydrogen (secondary N) is 1. The molecule has 0 aliphatic carbocycles. The van der Waals surface area contributed by atoms with Gasteiger partial charge in [0.1, 0.15) is 0 Å². The molecule has 1 aromatic carbocycles. The standard InChI is InChI=1S/C26H41NO3/c1-3-4-5-6-7-8-9-10-11-12-13-14-15-16-17-18-26(29)27-22-23-19-20-24(28)25(21-23)30-2/h8-11,19-21,28H,3-7,12-18,22H2,1-2H3,(H,27,29)/b9-8+,11-10-. The van der Waals surface area contributed by atoms with E-state index in [0.717, 1.165) is 24.8 Å². The average Bonchev–Trinajstić information content (AvgIpc) is 2.75. The molecule has 0 aliphatic rings. The van der Waals surface area contributed by atoms with Gasteiger partial charge in [0, 0.05) is 13.0 Å². The lowest BCUT2D eigenvalue weighted by molar-refractivity contribution is -0.121. The highest BCUT2D eigenvalue weighted by atomic mass is 16.5. The number of phenolic OH excluding ortho intramolecular Hbond substituents is 1. The second kappa shape index (κ2) is 17.6. The summed E-state index contributed by atoms with van der Waals surface area (Å²) in [5.74, 6) is 0.610. The van der Waals surface area contributed by atoms with Crippen molar-refractivity contribution in [3.8, 4) is 11.5 Å². The highest BCUT2D eigenvalue weighted by Crippen LogP contribution is 2.26. The zero-order valence-electron chi connectivity index (χ0n) is 19.0. The van der Waals surface area contributed by atoms with Gasteiger partial charge in [0.2, 0.25) is 5.91 Å². The Bertz CT molecular complexity index is 637. The van der Waals surface area contributed by atoms with Crippen LogP contribution in [-0.4, -0.2) is 18.1 Å². The van der Waals surface area contributed by atoms with Crippen molar-refractivity contribution in [1.82, 2.24) is 5.32 Å². The van der Waals surface area contributed by atoms with Crippen LogP contribution < -0.4 is 10.1 Å². The predicted molar refractivity (Wildman–Crippen MR) is 126 cm³/mol. The number of carbonyl (C=O) groups excluding carboxylic acids is 1. The summed E-state index contributed by atoms with van der Waals surface area (Å²) in [6.07, 6.45) is 22.7. The summed E-state index contributed by atoms with van der Waals surface area (Å²) in [6, 6.07) is 5.11. The number of hydrogen-bond donors (Lipinski definition) is 2. The SMILES string of the molecule is CCCCCC/C=C/C=C\CCCCCCCC(=O)NCc1ccc(O)c(OC)c1. The summed E-state index contributed by atoms with van der Waals surface area (Å²) in [4.78, 5) is 12.0. The number of ether oxygens (including phenoxy) is 1. The molecular weight excluding hydrogens is 374 g/mol. The zero-order valence-corrected chi connectivity index (χ0v) is 19.0. The largest absolute Gasteiger partial charge is 0.504 e. The Morgan fingerprint density at radius 1 is 0.967 bits per heavy atom. The molecule has 30 heavy (non-hydrogen) atoms. The van der Waals surface area contributed by atoms with Gasteiger partial charge in [0.05, 0.1) is 7.11 Å². The van der Waals surface area contributed by atoms with E-state index in [1.807, 2.05) is 0 Å². The molecule has 0 unspecified atom stereocenters. The fourth-order valence-electron chi connectivity index (χ4n) is 3.24. The molecule has 168 valence electrons. The summed E-state index contributed by atoms with van der Waals surface area (Å²) >= 11 is 0. The van der Waals surface area contributed by atoms with Crippen LogP contribution >= 0.6 is 0 Å². The van der Waals surface area contributed by atoms with Crippen LogP contribution in [0.2, 0.25) is 0 Å². The number of unbranched alkanes of at least 4 members (excludes halogenated alkanes) is 9. The van der Waals surface area contributed by atoms with Gasteiger partial charge < -0.3 is 15.2 Å². The zero-order chi connectivity index (χ0) is 21.9. The molecule has 0 spiro atoms. The third-order valence-electron chi connectivity index (χ3n) is 5.12. The van der Waals surface area contributed by atoms with Crippen LogP contribution in [0.1, 0.15) is 89.5 Å². The molecule has 0 bridgehead atoms. The summed E-state index contributed by atoms with van der Waals surface area (Å²) in [7, 11) is 1.52. The Morgan fingerprint density at radius 3 is 2.27 bits per heavy atom. The molecule has 0 heterocycles. The molecule has 0 saturated carbocycles. The quantitative estimate of drug-likeness (QED) is 0.216. The molecule has 1 rings (SSSR count). The number of methoxy groups -OCH3 is 1. The van der Waals surface area contributed by atoms with E-state index in [0.29, 0.717) is 18.7 Å². The van der Waals surface area contributed by atoms with E-state index >= 15 is 0 Å². The lowest BCUT2D eigenvalue weighted by Gasteiger charge is -2.08. The van der Waals surface area contributed by atoms with Crippen molar-refractivity contribution in [2.75, 3.05) is 7.11 Å². The number of rotatable bonds is 17. The first-order valence-corrected chi connectivity index (χ1v) is 11.6. The first-order chi connectivity index (χ1) is 14.7. The molecule has 4 nitrogen and oxygen atoms in total. The fourth-order valence-corrected chi connectivity index (χ4v) is 3.24. The first kappa shape index (κ1) is 25.8. The monoisotopic (exact) mass is 415 g/mol. The molecule has 0 aliphatic heterocycles. The Balaban J connectivity index is 1.97. The number of aromatic hydroxyl groups is 1. The third-order valence-corrected chi connectivity index (χ3v) is 5.12. The van der Waals surface area contributed by atoms with Gasteiger partial charge in [0.15, 0.2) is 11.5 Å². The van der Waals surface area contributed by atoms with Crippen molar-refractivity contribution >= 4 is 5.91 Å². The van der Waals surface area contributed by atoms with Crippen LogP contribution in [0, 0.1) is 0 Å². The van der Waals surface area contributed by atoms with Gasteiger partial charge in [-0.2, -0.15) is 0 Å². The van der Waals surface area contributed by atoms with Crippen LogP contribution in [0.3, 0.4) is 0 Å². The van der Waals surface area contributed by atoms with Gasteiger partial charge in [-0.25, -0.2) is 0 Å². The number of hydrogen-bond acceptors (Lipinski definition) is 3. The van der Waals surface area contributed by atoms with Crippen molar-refractivity contribution in [3.05, 3.63) is 48.1 Å². The summed E-state index contributed by atoms with van der Waals surface area (Å²) < 4.78 is 5.08. The molecule has 2 N–H and O–H groups in total. The van der Waals surface area contributed by atoms with Crippen LogP contribution in [0.4, 0.5) is 0 Å². The molecule has 0 fully saturated rings. The van der Waals surface area contributed by atoms with Crippen molar-refractivity contribution in [3.63, 3.8) is 0 Å². The molecule has 0 saturated heterocycles. The first-order valence-electron chi connectivity index (χ1n) is 11.6. The van der Waals surface area contributed by atoms with E-state index in [4.69, 9.17) is 4.74 Å². The van der Waals surface area contributed by atoms with Crippen molar-refractivity contribution in [2.45, 2.75) is 90.5 Å². The van der Waals surface area contributed by atoms with E-state index < -0.39 is 0 Å². The Hall–Kier alpha value is -2.23. The topological polar surface area (TPSA) is 58.6 Å². The van der Waals surface area contributed by atoms with Crippen molar-refractivity contribution in [2.24, 2.45) is 0 Å². The number of benzene rings is 1. The van der Waals surface area contributed by atoms with Crippen molar-refractivity contribution < 1.29 is 14.6 Å². The Kier molecular flexibility index (Phi) is 15.2. The normalized spacial score (nSPS) is 11.4. The lowest BCUT2D eigenvalue weighted by atomic mass is 10.1. The summed E-state index contributed by atoms with van der Waals surface area (Å²) in [6.45, 7) is 2.70. The number of allylic oxidation sites excluding steroid dienone is 4. The summed E-state index contributed by atoms with van der Waals surface area (Å²) in [5, 5.41) is 12.5. The van der Waals surface area contributed by atoms with E-state index in [1.165, 1.54) is 58.5 Å². The third kappa shape index (κ3) is 13.1. The maximum absolute atomic E-state index is 12.0.